The smallest absolute Gasteiger partial charge is 0.335 e. The first-order valence-electron chi connectivity index (χ1n) is 9.14. The van der Waals surface area contributed by atoms with E-state index in [2.05, 4.69) is 5.32 Å². The number of aromatic carboxylic acids is 1. The summed E-state index contributed by atoms with van der Waals surface area (Å²) >= 11 is 0. The predicted octanol–water partition coefficient (Wildman–Crippen LogP) is 4.22. The van der Waals surface area contributed by atoms with Crippen LogP contribution in [-0.4, -0.2) is 26.4 Å². The maximum atomic E-state index is 12.6. The zero-order chi connectivity index (χ0) is 19.2. The van der Waals surface area contributed by atoms with Crippen molar-refractivity contribution in [2.45, 2.75) is 43.1 Å². The van der Waals surface area contributed by atoms with Gasteiger partial charge >= 0.3 is 5.97 Å². The summed E-state index contributed by atoms with van der Waals surface area (Å²) in [5, 5.41) is 12.0. The summed E-state index contributed by atoms with van der Waals surface area (Å²) in [6.07, 6.45) is 5.63. The molecule has 1 aliphatic rings. The van der Waals surface area contributed by atoms with Crippen LogP contribution < -0.4 is 5.32 Å². The molecule has 1 aliphatic carbocycles. The highest BCUT2D eigenvalue weighted by Gasteiger charge is 2.20. The quantitative estimate of drug-likeness (QED) is 0.780. The highest BCUT2D eigenvalue weighted by atomic mass is 32.2. The summed E-state index contributed by atoms with van der Waals surface area (Å²) in [5.41, 5.74) is 2.10. The molecule has 0 spiro atoms. The van der Waals surface area contributed by atoms with Gasteiger partial charge in [0, 0.05) is 33.1 Å². The lowest BCUT2D eigenvalue weighted by Crippen LogP contribution is -2.20. The topological polar surface area (TPSA) is 83.5 Å². The zero-order valence-electron chi connectivity index (χ0n) is 15.0. The number of rotatable bonds is 6. The largest absolute Gasteiger partial charge is 0.478 e. The van der Waals surface area contributed by atoms with Crippen molar-refractivity contribution < 1.29 is 18.9 Å². The van der Waals surface area contributed by atoms with Gasteiger partial charge in [-0.3, -0.25) is 9.00 Å². The van der Waals surface area contributed by atoms with Gasteiger partial charge < -0.3 is 10.4 Å². The number of amides is 1. The van der Waals surface area contributed by atoms with E-state index in [-0.39, 0.29) is 16.7 Å². The summed E-state index contributed by atoms with van der Waals surface area (Å²) in [7, 11) is -0.890. The Morgan fingerprint density at radius 3 is 2.33 bits per heavy atom. The number of hydrogen-bond donors (Lipinski definition) is 2. The Kier molecular flexibility index (Phi) is 6.40. The standard InChI is InChI=1S/C21H23NO4S/c23-20(16-9-11-17(12-10-16)21(24)25)22-18-6-4-5-15(13-18)14-27(26)19-7-2-1-3-8-19/h4-6,9-13,19H,1-3,7-8,14H2,(H,22,23)(H,24,25). The fourth-order valence-electron chi connectivity index (χ4n) is 3.32. The van der Waals surface area contributed by atoms with Crippen molar-refractivity contribution in [3.8, 4) is 0 Å². The summed E-state index contributed by atoms with van der Waals surface area (Å²) in [6, 6.07) is 13.2. The van der Waals surface area contributed by atoms with E-state index in [1.165, 1.54) is 30.7 Å². The third-order valence-electron chi connectivity index (χ3n) is 4.81. The molecule has 2 N–H and O–H groups in total. The molecule has 1 fully saturated rings. The molecule has 0 bridgehead atoms. The summed E-state index contributed by atoms with van der Waals surface area (Å²) in [5.74, 6) is -0.833. The van der Waals surface area contributed by atoms with Crippen LogP contribution in [0, 0.1) is 0 Å². The number of hydrogen-bond acceptors (Lipinski definition) is 3. The minimum atomic E-state index is -1.03. The molecule has 6 heteroatoms. The van der Waals surface area contributed by atoms with Crippen LogP contribution in [0.3, 0.4) is 0 Å². The second kappa shape index (κ2) is 8.95. The van der Waals surface area contributed by atoms with E-state index >= 15 is 0 Å². The van der Waals surface area contributed by atoms with Crippen molar-refractivity contribution in [3.63, 3.8) is 0 Å². The van der Waals surface area contributed by atoms with E-state index in [1.54, 1.807) is 6.07 Å². The normalized spacial score (nSPS) is 15.9. The first-order chi connectivity index (χ1) is 13.0. The highest BCUT2D eigenvalue weighted by molar-refractivity contribution is 7.84. The summed E-state index contributed by atoms with van der Waals surface area (Å²) in [4.78, 5) is 23.2. The monoisotopic (exact) mass is 385 g/mol. The van der Waals surface area contributed by atoms with Crippen LogP contribution in [0.15, 0.2) is 48.5 Å². The molecule has 142 valence electrons. The van der Waals surface area contributed by atoms with Gasteiger partial charge in [0.15, 0.2) is 0 Å². The van der Waals surface area contributed by atoms with Gasteiger partial charge in [-0.15, -0.1) is 0 Å². The SMILES string of the molecule is O=C(O)c1ccc(C(=O)Nc2cccc(CS(=O)C3CCCCC3)c2)cc1. The average Bonchev–Trinajstić information content (AvgIpc) is 2.69. The number of carboxylic acid groups (broad SMARTS) is 1. The van der Waals surface area contributed by atoms with Gasteiger partial charge in [-0.05, 0) is 54.8 Å². The van der Waals surface area contributed by atoms with Crippen LogP contribution in [0.2, 0.25) is 0 Å². The lowest BCUT2D eigenvalue weighted by Gasteiger charge is -2.21. The highest BCUT2D eigenvalue weighted by Crippen LogP contribution is 2.24. The van der Waals surface area contributed by atoms with Crippen LogP contribution in [0.5, 0.6) is 0 Å². The van der Waals surface area contributed by atoms with Crippen LogP contribution in [0.1, 0.15) is 58.4 Å². The molecule has 1 amide bonds. The molecule has 0 saturated heterocycles. The Morgan fingerprint density at radius 1 is 1.00 bits per heavy atom. The molecular weight excluding hydrogens is 362 g/mol. The van der Waals surface area contributed by atoms with Crippen molar-refractivity contribution in [2.75, 3.05) is 5.32 Å². The number of benzene rings is 2. The Morgan fingerprint density at radius 2 is 1.67 bits per heavy atom. The van der Waals surface area contributed by atoms with Crippen LogP contribution in [-0.2, 0) is 16.6 Å². The fourth-order valence-corrected chi connectivity index (χ4v) is 4.92. The molecule has 27 heavy (non-hydrogen) atoms. The lowest BCUT2D eigenvalue weighted by atomic mass is 10.0. The Hall–Kier alpha value is -2.47. The molecule has 2 aromatic rings. The minimum Gasteiger partial charge on any atom is -0.478 e. The van der Waals surface area contributed by atoms with Crippen LogP contribution in [0.25, 0.3) is 0 Å². The maximum Gasteiger partial charge on any atom is 0.335 e. The van der Waals surface area contributed by atoms with Crippen molar-refractivity contribution in [3.05, 3.63) is 65.2 Å². The van der Waals surface area contributed by atoms with Gasteiger partial charge in [0.25, 0.3) is 5.91 Å². The van der Waals surface area contributed by atoms with E-state index in [1.807, 2.05) is 18.2 Å². The second-order valence-electron chi connectivity index (χ2n) is 6.82. The molecule has 1 saturated carbocycles. The molecule has 0 aromatic heterocycles. The van der Waals surface area contributed by atoms with Crippen molar-refractivity contribution >= 4 is 28.4 Å². The number of nitrogens with one attached hydrogen (secondary N) is 1. The number of anilines is 1. The molecule has 3 rings (SSSR count). The number of carbonyl (C=O) groups is 2. The Balaban J connectivity index is 1.63. The molecule has 1 unspecified atom stereocenters. The zero-order valence-corrected chi connectivity index (χ0v) is 15.8. The van der Waals surface area contributed by atoms with Crippen molar-refractivity contribution in [2.24, 2.45) is 0 Å². The predicted molar refractivity (Wildman–Crippen MR) is 107 cm³/mol. The minimum absolute atomic E-state index is 0.138. The number of carboxylic acids is 1. The van der Waals surface area contributed by atoms with Crippen LogP contribution in [0.4, 0.5) is 5.69 Å². The molecule has 5 nitrogen and oxygen atoms in total. The summed E-state index contributed by atoms with van der Waals surface area (Å²) in [6.45, 7) is 0. The van der Waals surface area contributed by atoms with Gasteiger partial charge in [-0.1, -0.05) is 31.4 Å². The maximum absolute atomic E-state index is 12.6. The second-order valence-corrected chi connectivity index (χ2v) is 8.54. The van der Waals surface area contributed by atoms with Crippen molar-refractivity contribution in [1.82, 2.24) is 0 Å². The lowest BCUT2D eigenvalue weighted by molar-refractivity contribution is 0.0696. The van der Waals surface area contributed by atoms with Gasteiger partial charge in [0.1, 0.15) is 0 Å². The molecule has 0 radical (unpaired) electrons. The molecule has 0 heterocycles. The fraction of sp³-hybridized carbons (Fsp3) is 0.333. The molecular formula is C21H23NO4S. The third kappa shape index (κ3) is 5.26. The van der Waals surface area contributed by atoms with E-state index in [4.69, 9.17) is 5.11 Å². The van der Waals surface area contributed by atoms with E-state index in [9.17, 15) is 13.8 Å². The van der Waals surface area contributed by atoms with Gasteiger partial charge in [0.05, 0.1) is 5.56 Å². The van der Waals surface area contributed by atoms with E-state index in [0.717, 1.165) is 31.2 Å². The average molecular weight is 385 g/mol. The Labute approximate surface area is 161 Å². The molecule has 1 atom stereocenters. The van der Waals surface area contributed by atoms with E-state index in [0.29, 0.717) is 17.0 Å². The first kappa shape index (κ1) is 19.3. The van der Waals surface area contributed by atoms with Crippen molar-refractivity contribution in [1.29, 1.82) is 0 Å². The molecule has 0 aliphatic heterocycles. The van der Waals surface area contributed by atoms with Gasteiger partial charge in [0.2, 0.25) is 0 Å². The summed E-state index contributed by atoms with van der Waals surface area (Å²) < 4.78 is 12.6. The number of carbonyl (C=O) groups excluding carboxylic acids is 1. The molecule has 2 aromatic carbocycles. The van der Waals surface area contributed by atoms with E-state index < -0.39 is 16.8 Å². The first-order valence-corrected chi connectivity index (χ1v) is 10.5. The van der Waals surface area contributed by atoms with Gasteiger partial charge in [-0.25, -0.2) is 4.79 Å². The third-order valence-corrected chi connectivity index (χ3v) is 6.64. The Bertz CT molecular complexity index is 842. The van der Waals surface area contributed by atoms with Gasteiger partial charge in [-0.2, -0.15) is 0 Å². The van der Waals surface area contributed by atoms with Crippen LogP contribution >= 0.6 is 0 Å².